The molecule has 0 aliphatic rings. The molecule has 0 aromatic heterocycles. The van der Waals surface area contributed by atoms with Gasteiger partial charge in [0, 0.05) is 11.3 Å². The van der Waals surface area contributed by atoms with E-state index < -0.39 is 0 Å². The first-order valence-electron chi connectivity index (χ1n) is 7.61. The van der Waals surface area contributed by atoms with Crippen LogP contribution in [-0.4, -0.2) is 18.6 Å². The number of hydrogen-bond acceptors (Lipinski definition) is 3. The monoisotopic (exact) mass is 389 g/mol. The van der Waals surface area contributed by atoms with Crippen LogP contribution in [0.25, 0.3) is 0 Å². The Labute approximate surface area is 150 Å². The standard InChI is InChI=1S/C19H20BrNO3/c1-4-11-23-18-10-5-14(12-17(18)20)19(22)21-15-6-8-16(9-7-15)24-13(2)3/h4-10,12-13H,1,11H2,2-3H3,(H,21,22). The van der Waals surface area contributed by atoms with E-state index in [1.807, 2.05) is 38.1 Å². The number of nitrogens with one attached hydrogen (secondary N) is 1. The summed E-state index contributed by atoms with van der Waals surface area (Å²) >= 11 is 3.41. The summed E-state index contributed by atoms with van der Waals surface area (Å²) in [4.78, 5) is 12.3. The smallest absolute Gasteiger partial charge is 0.255 e. The van der Waals surface area contributed by atoms with Crippen molar-refractivity contribution >= 4 is 27.5 Å². The number of anilines is 1. The van der Waals surface area contributed by atoms with Crippen LogP contribution in [0.1, 0.15) is 24.2 Å². The lowest BCUT2D eigenvalue weighted by atomic mass is 10.2. The van der Waals surface area contributed by atoms with Crippen LogP contribution in [0.4, 0.5) is 5.69 Å². The highest BCUT2D eigenvalue weighted by molar-refractivity contribution is 9.10. The Morgan fingerprint density at radius 2 is 1.96 bits per heavy atom. The number of amides is 1. The van der Waals surface area contributed by atoms with Crippen LogP contribution in [0.5, 0.6) is 11.5 Å². The van der Waals surface area contributed by atoms with Gasteiger partial charge in [-0.25, -0.2) is 0 Å². The Morgan fingerprint density at radius 3 is 2.54 bits per heavy atom. The average Bonchev–Trinajstić information content (AvgIpc) is 2.55. The van der Waals surface area contributed by atoms with E-state index in [-0.39, 0.29) is 12.0 Å². The highest BCUT2D eigenvalue weighted by Gasteiger charge is 2.10. The molecule has 0 spiro atoms. The molecule has 0 fully saturated rings. The number of ether oxygens (including phenoxy) is 2. The van der Waals surface area contributed by atoms with Gasteiger partial charge in [0.25, 0.3) is 5.91 Å². The van der Waals surface area contributed by atoms with Crippen LogP contribution >= 0.6 is 15.9 Å². The van der Waals surface area contributed by atoms with Gasteiger partial charge in [-0.3, -0.25) is 4.79 Å². The summed E-state index contributed by atoms with van der Waals surface area (Å²) in [5, 5.41) is 2.86. The predicted molar refractivity (Wildman–Crippen MR) is 100.0 cm³/mol. The Bertz CT molecular complexity index is 711. The Hall–Kier alpha value is -2.27. The van der Waals surface area contributed by atoms with E-state index in [0.717, 1.165) is 10.2 Å². The van der Waals surface area contributed by atoms with E-state index in [0.29, 0.717) is 23.6 Å². The zero-order valence-electron chi connectivity index (χ0n) is 13.7. The first-order valence-corrected chi connectivity index (χ1v) is 8.40. The van der Waals surface area contributed by atoms with Gasteiger partial charge >= 0.3 is 0 Å². The highest BCUT2D eigenvalue weighted by atomic mass is 79.9. The van der Waals surface area contributed by atoms with E-state index in [1.54, 1.807) is 24.3 Å². The minimum atomic E-state index is -0.191. The van der Waals surface area contributed by atoms with Gasteiger partial charge in [0.05, 0.1) is 10.6 Å². The lowest BCUT2D eigenvalue weighted by Crippen LogP contribution is -2.12. The summed E-state index contributed by atoms with van der Waals surface area (Å²) < 4.78 is 11.8. The van der Waals surface area contributed by atoms with Crippen molar-refractivity contribution < 1.29 is 14.3 Å². The number of carbonyl (C=O) groups excluding carboxylic acids is 1. The van der Waals surface area contributed by atoms with Gasteiger partial charge in [0.15, 0.2) is 0 Å². The second-order valence-corrected chi connectivity index (χ2v) is 6.24. The molecule has 0 aliphatic heterocycles. The molecule has 1 amide bonds. The van der Waals surface area contributed by atoms with Crippen LogP contribution in [0.15, 0.2) is 59.6 Å². The van der Waals surface area contributed by atoms with Crippen molar-refractivity contribution in [1.29, 1.82) is 0 Å². The molecule has 1 N–H and O–H groups in total. The first kappa shape index (κ1) is 18.1. The lowest BCUT2D eigenvalue weighted by Gasteiger charge is -2.11. The quantitative estimate of drug-likeness (QED) is 0.673. The van der Waals surface area contributed by atoms with Crippen molar-refractivity contribution in [2.75, 3.05) is 11.9 Å². The minimum absolute atomic E-state index is 0.115. The zero-order valence-corrected chi connectivity index (χ0v) is 15.3. The molecule has 0 saturated carbocycles. The molecule has 0 atom stereocenters. The van der Waals surface area contributed by atoms with E-state index in [1.165, 1.54) is 0 Å². The largest absolute Gasteiger partial charge is 0.491 e. The fourth-order valence-corrected chi connectivity index (χ4v) is 2.49. The number of halogens is 1. The summed E-state index contributed by atoms with van der Waals surface area (Å²) in [6, 6.07) is 12.5. The lowest BCUT2D eigenvalue weighted by molar-refractivity contribution is 0.102. The number of benzene rings is 2. The summed E-state index contributed by atoms with van der Waals surface area (Å²) in [5.74, 6) is 1.25. The molecule has 4 nitrogen and oxygen atoms in total. The molecular weight excluding hydrogens is 370 g/mol. The fraction of sp³-hybridized carbons (Fsp3) is 0.211. The maximum Gasteiger partial charge on any atom is 0.255 e. The van der Waals surface area contributed by atoms with Gasteiger partial charge < -0.3 is 14.8 Å². The molecular formula is C19H20BrNO3. The Balaban J connectivity index is 2.04. The molecule has 5 heteroatoms. The number of hydrogen-bond donors (Lipinski definition) is 1. The molecule has 0 unspecified atom stereocenters. The molecule has 126 valence electrons. The molecule has 0 bridgehead atoms. The number of rotatable bonds is 7. The molecule has 0 saturated heterocycles. The molecule has 2 rings (SSSR count). The second-order valence-electron chi connectivity index (χ2n) is 5.39. The molecule has 24 heavy (non-hydrogen) atoms. The van der Waals surface area contributed by atoms with Gasteiger partial charge in [0.2, 0.25) is 0 Å². The maximum atomic E-state index is 12.3. The first-order chi connectivity index (χ1) is 11.5. The Morgan fingerprint density at radius 1 is 1.25 bits per heavy atom. The van der Waals surface area contributed by atoms with Crippen LogP contribution < -0.4 is 14.8 Å². The van der Waals surface area contributed by atoms with Gasteiger partial charge in [-0.15, -0.1) is 0 Å². The van der Waals surface area contributed by atoms with Crippen molar-refractivity contribution in [2.45, 2.75) is 20.0 Å². The second kappa shape index (κ2) is 8.55. The van der Waals surface area contributed by atoms with E-state index in [4.69, 9.17) is 9.47 Å². The van der Waals surface area contributed by atoms with Crippen molar-refractivity contribution in [1.82, 2.24) is 0 Å². The molecule has 0 aliphatic carbocycles. The van der Waals surface area contributed by atoms with Crippen molar-refractivity contribution in [2.24, 2.45) is 0 Å². The van der Waals surface area contributed by atoms with Gasteiger partial charge in [-0.2, -0.15) is 0 Å². The zero-order chi connectivity index (χ0) is 17.5. The van der Waals surface area contributed by atoms with Crippen LogP contribution in [0.3, 0.4) is 0 Å². The topological polar surface area (TPSA) is 47.6 Å². The van der Waals surface area contributed by atoms with Crippen molar-refractivity contribution in [3.63, 3.8) is 0 Å². The van der Waals surface area contributed by atoms with Gasteiger partial charge in [-0.05, 0) is 72.2 Å². The molecule has 0 heterocycles. The minimum Gasteiger partial charge on any atom is -0.491 e. The van der Waals surface area contributed by atoms with E-state index in [9.17, 15) is 4.79 Å². The Kier molecular flexibility index (Phi) is 6.44. The molecule has 2 aromatic rings. The SMILES string of the molecule is C=CCOc1ccc(C(=O)Nc2ccc(OC(C)C)cc2)cc1Br. The summed E-state index contributed by atoms with van der Waals surface area (Å²) in [6.07, 6.45) is 1.78. The fourth-order valence-electron chi connectivity index (χ4n) is 2.00. The van der Waals surface area contributed by atoms with Crippen molar-refractivity contribution in [3.8, 4) is 11.5 Å². The third-order valence-corrected chi connectivity index (χ3v) is 3.65. The highest BCUT2D eigenvalue weighted by Crippen LogP contribution is 2.26. The predicted octanol–water partition coefficient (Wildman–Crippen LogP) is 5.05. The van der Waals surface area contributed by atoms with E-state index in [2.05, 4.69) is 27.8 Å². The average molecular weight is 390 g/mol. The molecule has 2 aromatic carbocycles. The summed E-state index contributed by atoms with van der Waals surface area (Å²) in [6.45, 7) is 7.95. The molecule has 0 radical (unpaired) electrons. The van der Waals surface area contributed by atoms with Crippen LogP contribution in [0, 0.1) is 0 Å². The van der Waals surface area contributed by atoms with E-state index >= 15 is 0 Å². The maximum absolute atomic E-state index is 12.3. The van der Waals surface area contributed by atoms with Crippen molar-refractivity contribution in [3.05, 3.63) is 65.2 Å². The van der Waals surface area contributed by atoms with Gasteiger partial charge in [0.1, 0.15) is 18.1 Å². The summed E-state index contributed by atoms with van der Waals surface area (Å²) in [5.41, 5.74) is 1.24. The third-order valence-electron chi connectivity index (χ3n) is 3.03. The third kappa shape index (κ3) is 5.13. The summed E-state index contributed by atoms with van der Waals surface area (Å²) in [7, 11) is 0. The van der Waals surface area contributed by atoms with Crippen LogP contribution in [0.2, 0.25) is 0 Å². The number of carbonyl (C=O) groups is 1. The normalized spacial score (nSPS) is 10.3. The van der Waals surface area contributed by atoms with Crippen LogP contribution in [-0.2, 0) is 0 Å². The van der Waals surface area contributed by atoms with Gasteiger partial charge in [-0.1, -0.05) is 12.7 Å².